The maximum atomic E-state index is 12.1. The molecular weight excluding hydrogens is 294 g/mol. The van der Waals surface area contributed by atoms with Gasteiger partial charge in [-0.25, -0.2) is 4.68 Å². The van der Waals surface area contributed by atoms with Gasteiger partial charge in [0.2, 0.25) is 11.8 Å². The summed E-state index contributed by atoms with van der Waals surface area (Å²) in [6.07, 6.45) is 1.80. The molecule has 0 aliphatic carbocycles. The highest BCUT2D eigenvalue weighted by atomic mass is 35.5. The first kappa shape index (κ1) is 15.5. The van der Waals surface area contributed by atoms with E-state index in [1.165, 1.54) is 4.68 Å². The lowest BCUT2D eigenvalue weighted by Crippen LogP contribution is -2.27. The molecule has 0 aliphatic heterocycles. The number of fused-ring (bicyclic) bond motifs is 1. The van der Waals surface area contributed by atoms with Gasteiger partial charge >= 0.3 is 0 Å². The summed E-state index contributed by atoms with van der Waals surface area (Å²) in [5.74, 6) is -0.427. The Hall–Kier alpha value is -1.92. The molecule has 0 saturated carbocycles. The fourth-order valence-corrected chi connectivity index (χ4v) is 2.06. The van der Waals surface area contributed by atoms with Gasteiger partial charge in [0.15, 0.2) is 0 Å². The molecule has 0 aliphatic rings. The van der Waals surface area contributed by atoms with Crippen LogP contribution in [-0.4, -0.2) is 41.9 Å². The molecule has 0 saturated heterocycles. The minimum atomic E-state index is -0.242. The van der Waals surface area contributed by atoms with Gasteiger partial charge < -0.3 is 10.1 Å². The monoisotopic (exact) mass is 309 g/mol. The molecule has 0 atom stereocenters. The number of aromatic nitrogens is 2. The maximum absolute atomic E-state index is 12.1. The average Bonchev–Trinajstić information content (AvgIpc) is 2.88. The predicted molar refractivity (Wildman–Crippen MR) is 79.5 cm³/mol. The van der Waals surface area contributed by atoms with Crippen molar-refractivity contribution in [1.82, 2.24) is 15.1 Å². The molecule has 0 spiro atoms. The Morgan fingerprint density at radius 1 is 1.38 bits per heavy atom. The summed E-state index contributed by atoms with van der Waals surface area (Å²) in [4.78, 5) is 23.7. The average molecular weight is 310 g/mol. The molecular formula is C14H16ClN3O3. The second-order valence-corrected chi connectivity index (χ2v) is 4.93. The van der Waals surface area contributed by atoms with E-state index in [1.54, 1.807) is 31.5 Å². The van der Waals surface area contributed by atoms with Crippen LogP contribution in [0, 0.1) is 0 Å². The first-order valence-corrected chi connectivity index (χ1v) is 6.91. The minimum Gasteiger partial charge on any atom is -0.383 e. The highest BCUT2D eigenvalue weighted by molar-refractivity contribution is 6.31. The Kier molecular flexibility index (Phi) is 5.30. The van der Waals surface area contributed by atoms with Crippen LogP contribution in [0.25, 0.3) is 10.9 Å². The third-order valence-electron chi connectivity index (χ3n) is 2.96. The van der Waals surface area contributed by atoms with Crippen molar-refractivity contribution < 1.29 is 14.3 Å². The number of benzene rings is 1. The molecule has 1 aromatic carbocycles. The molecule has 0 unspecified atom stereocenters. The summed E-state index contributed by atoms with van der Waals surface area (Å²) >= 11 is 5.92. The van der Waals surface area contributed by atoms with Gasteiger partial charge in [-0.05, 0) is 18.2 Å². The van der Waals surface area contributed by atoms with Gasteiger partial charge in [0.05, 0.1) is 18.3 Å². The second kappa shape index (κ2) is 7.19. The van der Waals surface area contributed by atoms with Crippen LogP contribution in [0.5, 0.6) is 0 Å². The van der Waals surface area contributed by atoms with Gasteiger partial charge in [0.1, 0.15) is 0 Å². The highest BCUT2D eigenvalue weighted by Gasteiger charge is 2.12. The summed E-state index contributed by atoms with van der Waals surface area (Å²) in [6.45, 7) is 0.881. The van der Waals surface area contributed by atoms with Crippen molar-refractivity contribution in [2.45, 2.75) is 12.8 Å². The van der Waals surface area contributed by atoms with Crippen molar-refractivity contribution in [2.24, 2.45) is 0 Å². The van der Waals surface area contributed by atoms with Crippen LogP contribution in [0.1, 0.15) is 17.6 Å². The smallest absolute Gasteiger partial charge is 0.247 e. The van der Waals surface area contributed by atoms with Gasteiger partial charge in [-0.3, -0.25) is 9.59 Å². The number of hydrogen-bond acceptors (Lipinski definition) is 4. The molecule has 0 radical (unpaired) electrons. The van der Waals surface area contributed by atoms with Crippen LogP contribution in [-0.2, 0) is 9.53 Å². The molecule has 0 fully saturated rings. The summed E-state index contributed by atoms with van der Waals surface area (Å²) in [7, 11) is 1.56. The zero-order valence-electron chi connectivity index (χ0n) is 11.6. The van der Waals surface area contributed by atoms with Crippen LogP contribution < -0.4 is 5.32 Å². The molecule has 112 valence electrons. The van der Waals surface area contributed by atoms with E-state index in [9.17, 15) is 9.59 Å². The van der Waals surface area contributed by atoms with Gasteiger partial charge in [-0.1, -0.05) is 11.6 Å². The summed E-state index contributed by atoms with van der Waals surface area (Å²) in [5, 5.41) is 8.08. The molecule has 7 heteroatoms. The van der Waals surface area contributed by atoms with Crippen LogP contribution in [0.15, 0.2) is 24.4 Å². The number of ether oxygens (including phenoxy) is 1. The Bertz CT molecular complexity index is 654. The van der Waals surface area contributed by atoms with E-state index < -0.39 is 0 Å². The van der Waals surface area contributed by atoms with Gasteiger partial charge in [0, 0.05) is 36.9 Å². The quantitative estimate of drug-likeness (QED) is 0.827. The summed E-state index contributed by atoms with van der Waals surface area (Å²) < 4.78 is 6.11. The van der Waals surface area contributed by atoms with E-state index in [-0.39, 0.29) is 24.7 Å². The third kappa shape index (κ3) is 4.03. The van der Waals surface area contributed by atoms with Crippen molar-refractivity contribution >= 4 is 34.3 Å². The Balaban J connectivity index is 1.96. The molecule has 6 nitrogen and oxygen atoms in total. The lowest BCUT2D eigenvalue weighted by Gasteiger charge is -2.05. The van der Waals surface area contributed by atoms with Crippen LogP contribution in [0.3, 0.4) is 0 Å². The van der Waals surface area contributed by atoms with Crippen molar-refractivity contribution in [2.75, 3.05) is 20.3 Å². The van der Waals surface area contributed by atoms with Crippen LogP contribution >= 0.6 is 11.6 Å². The fourth-order valence-electron chi connectivity index (χ4n) is 1.90. The molecule has 1 aromatic heterocycles. The maximum Gasteiger partial charge on any atom is 0.247 e. The Morgan fingerprint density at radius 2 is 2.19 bits per heavy atom. The molecule has 2 rings (SSSR count). The Labute approximate surface area is 127 Å². The van der Waals surface area contributed by atoms with E-state index in [0.717, 1.165) is 5.39 Å². The van der Waals surface area contributed by atoms with Gasteiger partial charge in [0.25, 0.3) is 0 Å². The lowest BCUT2D eigenvalue weighted by molar-refractivity contribution is -0.121. The van der Waals surface area contributed by atoms with E-state index in [2.05, 4.69) is 10.4 Å². The molecule has 2 aromatic rings. The highest BCUT2D eigenvalue weighted by Crippen LogP contribution is 2.19. The van der Waals surface area contributed by atoms with E-state index >= 15 is 0 Å². The van der Waals surface area contributed by atoms with Crippen molar-refractivity contribution in [1.29, 1.82) is 0 Å². The van der Waals surface area contributed by atoms with E-state index in [4.69, 9.17) is 16.3 Å². The van der Waals surface area contributed by atoms with Crippen LogP contribution in [0.4, 0.5) is 0 Å². The third-order valence-corrected chi connectivity index (χ3v) is 3.20. The lowest BCUT2D eigenvalue weighted by atomic mass is 10.2. The zero-order chi connectivity index (χ0) is 15.2. The summed E-state index contributed by atoms with van der Waals surface area (Å²) in [6, 6.07) is 5.22. The molecule has 0 bridgehead atoms. The fraction of sp³-hybridized carbons (Fsp3) is 0.357. The number of carbonyl (C=O) groups excluding carboxylic acids is 2. The molecule has 1 N–H and O–H groups in total. The number of amides is 1. The Morgan fingerprint density at radius 3 is 2.95 bits per heavy atom. The number of methoxy groups -OCH3 is 1. The molecule has 1 amide bonds. The standard InChI is InChI=1S/C14H16ClN3O3/c1-21-7-6-16-13(19)4-5-14(20)18-12-8-11(15)3-2-10(12)9-17-18/h2-3,8-9H,4-7H2,1H3,(H,16,19). The largest absolute Gasteiger partial charge is 0.383 e. The number of rotatable bonds is 6. The van der Waals surface area contributed by atoms with Crippen molar-refractivity contribution in [3.05, 3.63) is 29.4 Å². The van der Waals surface area contributed by atoms with Gasteiger partial charge in [-0.2, -0.15) is 5.10 Å². The minimum absolute atomic E-state index is 0.0854. The zero-order valence-corrected chi connectivity index (χ0v) is 12.4. The number of hydrogen-bond donors (Lipinski definition) is 1. The van der Waals surface area contributed by atoms with Crippen molar-refractivity contribution in [3.8, 4) is 0 Å². The first-order chi connectivity index (χ1) is 10.1. The van der Waals surface area contributed by atoms with Crippen molar-refractivity contribution in [3.63, 3.8) is 0 Å². The summed E-state index contributed by atoms with van der Waals surface area (Å²) in [5.41, 5.74) is 0.646. The van der Waals surface area contributed by atoms with E-state index in [0.29, 0.717) is 23.7 Å². The second-order valence-electron chi connectivity index (χ2n) is 4.50. The SMILES string of the molecule is COCCNC(=O)CCC(=O)n1ncc2ccc(Cl)cc21. The topological polar surface area (TPSA) is 73.2 Å². The van der Waals surface area contributed by atoms with Crippen LogP contribution in [0.2, 0.25) is 5.02 Å². The van der Waals surface area contributed by atoms with E-state index in [1.807, 2.05) is 0 Å². The first-order valence-electron chi connectivity index (χ1n) is 6.54. The number of nitrogens with one attached hydrogen (secondary N) is 1. The molecule has 1 heterocycles. The number of nitrogens with zero attached hydrogens (tertiary/aromatic N) is 2. The molecule has 21 heavy (non-hydrogen) atoms. The predicted octanol–water partition coefficient (Wildman–Crippen LogP) is 1.87. The number of carbonyl (C=O) groups is 2. The number of halogens is 1. The van der Waals surface area contributed by atoms with Gasteiger partial charge in [-0.15, -0.1) is 0 Å². The normalized spacial score (nSPS) is 10.8.